The van der Waals surface area contributed by atoms with Crippen molar-refractivity contribution in [3.8, 4) is 6.07 Å². The Morgan fingerprint density at radius 3 is 2.60 bits per heavy atom. The van der Waals surface area contributed by atoms with Gasteiger partial charge in [-0.3, -0.25) is 4.99 Å². The highest BCUT2D eigenvalue weighted by Crippen LogP contribution is 2.16. The zero-order valence-corrected chi connectivity index (χ0v) is 11.5. The number of aliphatic hydroxyl groups is 1. The van der Waals surface area contributed by atoms with Crippen LogP contribution >= 0.6 is 0 Å². The number of rotatable bonds is 5. The topological polar surface area (TPSA) is 82.7 Å². The van der Waals surface area contributed by atoms with E-state index in [2.05, 4.69) is 4.99 Å². The van der Waals surface area contributed by atoms with Crippen molar-refractivity contribution in [1.82, 2.24) is 0 Å². The molecule has 5 nitrogen and oxygen atoms in total. The molecule has 0 atom stereocenters. The highest BCUT2D eigenvalue weighted by molar-refractivity contribution is 6.19. The molecular weight excluding hydrogens is 256 g/mol. The lowest BCUT2D eigenvalue weighted by Crippen LogP contribution is -2.16. The molecule has 20 heavy (non-hydrogen) atoms. The molecule has 0 heterocycles. The molecule has 0 unspecified atom stereocenters. The Kier molecular flexibility index (Phi) is 5.98. The van der Waals surface area contributed by atoms with Crippen molar-refractivity contribution in [3.63, 3.8) is 0 Å². The number of carbonyl (C=O) groups excluding carboxylic acids is 1. The molecule has 0 spiro atoms. The molecule has 0 aromatic heterocycles. The van der Waals surface area contributed by atoms with Crippen molar-refractivity contribution < 1.29 is 14.6 Å². The molecule has 0 fully saturated rings. The molecule has 0 aliphatic heterocycles. The van der Waals surface area contributed by atoms with E-state index in [1.807, 2.05) is 18.2 Å². The molecule has 0 aliphatic rings. The van der Waals surface area contributed by atoms with Crippen molar-refractivity contribution >= 4 is 17.4 Å². The number of para-hydroxylation sites is 1. The van der Waals surface area contributed by atoms with Crippen LogP contribution in [0.25, 0.3) is 0 Å². The third-order valence-corrected chi connectivity index (χ3v) is 2.43. The number of esters is 1. The van der Waals surface area contributed by atoms with Gasteiger partial charge in [0.25, 0.3) is 0 Å². The number of aliphatic hydroxyl groups excluding tert-OH is 1. The Morgan fingerprint density at radius 1 is 1.40 bits per heavy atom. The summed E-state index contributed by atoms with van der Waals surface area (Å²) in [5, 5.41) is 18.5. The van der Waals surface area contributed by atoms with Crippen LogP contribution in [0.3, 0.4) is 0 Å². The van der Waals surface area contributed by atoms with Crippen molar-refractivity contribution in [2.45, 2.75) is 20.3 Å². The van der Waals surface area contributed by atoms with Crippen LogP contribution in [0.2, 0.25) is 0 Å². The summed E-state index contributed by atoms with van der Waals surface area (Å²) in [6, 6.07) is 10.8. The predicted molar refractivity (Wildman–Crippen MR) is 75.7 cm³/mol. The number of hydrogen-bond donors (Lipinski definition) is 1. The maximum Gasteiger partial charge on any atom is 0.343 e. The number of hydrogen-bond acceptors (Lipinski definition) is 5. The predicted octanol–water partition coefficient (Wildman–Crippen LogP) is 3.07. The van der Waals surface area contributed by atoms with Gasteiger partial charge in [-0.05, 0) is 26.0 Å². The van der Waals surface area contributed by atoms with E-state index in [0.29, 0.717) is 11.4 Å². The van der Waals surface area contributed by atoms with E-state index in [1.165, 1.54) is 0 Å². The molecular formula is C15H16N2O3. The zero-order chi connectivity index (χ0) is 15.0. The van der Waals surface area contributed by atoms with E-state index < -0.39 is 5.97 Å². The van der Waals surface area contributed by atoms with Gasteiger partial charge in [0.1, 0.15) is 11.3 Å². The van der Waals surface area contributed by atoms with Gasteiger partial charge in [0.15, 0.2) is 0 Å². The molecule has 1 aromatic rings. The summed E-state index contributed by atoms with van der Waals surface area (Å²) in [5.41, 5.74) is 0.899. The highest BCUT2D eigenvalue weighted by Gasteiger charge is 2.19. The summed E-state index contributed by atoms with van der Waals surface area (Å²) >= 11 is 0. The second kappa shape index (κ2) is 7.74. The number of nitrogens with zero attached hydrogens (tertiary/aromatic N) is 2. The Hall–Kier alpha value is -2.61. The Bertz CT molecular complexity index is 569. The average Bonchev–Trinajstić information content (AvgIpc) is 2.40. The average molecular weight is 272 g/mol. The molecule has 0 radical (unpaired) electrons. The monoisotopic (exact) mass is 272 g/mol. The van der Waals surface area contributed by atoms with Crippen LogP contribution in [0.4, 0.5) is 5.69 Å². The Morgan fingerprint density at radius 2 is 2.05 bits per heavy atom. The lowest BCUT2D eigenvalue weighted by atomic mass is 10.1. The van der Waals surface area contributed by atoms with Crippen molar-refractivity contribution in [2.75, 3.05) is 6.61 Å². The summed E-state index contributed by atoms with van der Waals surface area (Å²) in [6.45, 7) is 3.44. The number of nitriles is 1. The Balaban J connectivity index is 3.18. The quantitative estimate of drug-likeness (QED) is 0.386. The van der Waals surface area contributed by atoms with Gasteiger partial charge >= 0.3 is 5.97 Å². The van der Waals surface area contributed by atoms with E-state index >= 15 is 0 Å². The molecule has 1 rings (SSSR count). The highest BCUT2D eigenvalue weighted by atomic mass is 16.5. The molecule has 0 aliphatic carbocycles. The van der Waals surface area contributed by atoms with Crippen LogP contribution in [0.1, 0.15) is 20.3 Å². The fraction of sp³-hybridized carbons (Fsp3) is 0.267. The van der Waals surface area contributed by atoms with Crippen molar-refractivity contribution in [3.05, 3.63) is 41.7 Å². The maximum absolute atomic E-state index is 11.9. The van der Waals surface area contributed by atoms with Crippen LogP contribution in [0, 0.1) is 11.3 Å². The largest absolute Gasteiger partial charge is 0.510 e. The SMILES string of the molecule is CCOC(=O)/C(C(C)=Nc1ccccc1)=C(/O)CC#N. The first-order chi connectivity index (χ1) is 9.60. The summed E-state index contributed by atoms with van der Waals surface area (Å²) in [6.07, 6.45) is -0.268. The Labute approximate surface area is 117 Å². The van der Waals surface area contributed by atoms with Crippen molar-refractivity contribution in [2.24, 2.45) is 4.99 Å². The van der Waals surface area contributed by atoms with Crippen molar-refractivity contribution in [1.29, 1.82) is 5.26 Å². The van der Waals surface area contributed by atoms with Gasteiger partial charge in [-0.25, -0.2) is 4.79 Å². The van der Waals surface area contributed by atoms with Crippen LogP contribution in [0.5, 0.6) is 0 Å². The van der Waals surface area contributed by atoms with Crippen LogP contribution < -0.4 is 0 Å². The van der Waals surface area contributed by atoms with Gasteiger partial charge < -0.3 is 9.84 Å². The zero-order valence-electron chi connectivity index (χ0n) is 11.5. The number of ether oxygens (including phenoxy) is 1. The molecule has 0 amide bonds. The van der Waals surface area contributed by atoms with Crippen LogP contribution in [-0.2, 0) is 9.53 Å². The fourth-order valence-electron chi connectivity index (χ4n) is 1.59. The minimum absolute atomic E-state index is 0.0581. The first-order valence-electron chi connectivity index (χ1n) is 6.17. The molecule has 0 saturated heterocycles. The number of aliphatic imine (C=N–C) groups is 1. The van der Waals surface area contributed by atoms with E-state index in [4.69, 9.17) is 10.00 Å². The lowest BCUT2D eigenvalue weighted by Gasteiger charge is -2.08. The third-order valence-electron chi connectivity index (χ3n) is 2.43. The molecule has 5 heteroatoms. The van der Waals surface area contributed by atoms with Crippen LogP contribution in [-0.4, -0.2) is 23.4 Å². The van der Waals surface area contributed by atoms with Gasteiger partial charge in [-0.2, -0.15) is 5.26 Å². The summed E-state index contributed by atoms with van der Waals surface area (Å²) in [4.78, 5) is 16.1. The minimum atomic E-state index is -0.683. The van der Waals surface area contributed by atoms with E-state index in [1.54, 1.807) is 32.0 Å². The minimum Gasteiger partial charge on any atom is -0.510 e. The van der Waals surface area contributed by atoms with E-state index in [-0.39, 0.29) is 24.4 Å². The van der Waals surface area contributed by atoms with Crippen LogP contribution in [0.15, 0.2) is 46.7 Å². The molecule has 104 valence electrons. The van der Waals surface area contributed by atoms with Gasteiger partial charge in [-0.1, -0.05) is 18.2 Å². The molecule has 0 bridgehead atoms. The van der Waals surface area contributed by atoms with E-state index in [0.717, 1.165) is 0 Å². The van der Waals surface area contributed by atoms with Gasteiger partial charge in [0.05, 0.1) is 30.5 Å². The molecule has 0 saturated carbocycles. The first kappa shape index (κ1) is 15.4. The van der Waals surface area contributed by atoms with Gasteiger partial charge in [-0.15, -0.1) is 0 Å². The van der Waals surface area contributed by atoms with Gasteiger partial charge in [0.2, 0.25) is 0 Å². The number of benzene rings is 1. The number of allylic oxidation sites excluding steroid dienone is 1. The lowest BCUT2D eigenvalue weighted by molar-refractivity contribution is -0.138. The van der Waals surface area contributed by atoms with Gasteiger partial charge in [0, 0.05) is 0 Å². The molecule has 1 N–H and O–H groups in total. The fourth-order valence-corrected chi connectivity index (χ4v) is 1.59. The second-order valence-corrected chi connectivity index (χ2v) is 3.91. The normalized spacial score (nSPS) is 12.3. The number of carbonyl (C=O) groups is 1. The smallest absolute Gasteiger partial charge is 0.343 e. The summed E-state index contributed by atoms with van der Waals surface area (Å²) < 4.78 is 4.88. The van der Waals surface area contributed by atoms with E-state index in [9.17, 15) is 9.90 Å². The second-order valence-electron chi connectivity index (χ2n) is 3.91. The summed E-state index contributed by atoms with van der Waals surface area (Å²) in [7, 11) is 0. The summed E-state index contributed by atoms with van der Waals surface area (Å²) in [5.74, 6) is -1.01. The third kappa shape index (κ3) is 4.25. The standard InChI is InChI=1S/C15H16N2O3/c1-3-20-15(19)14(13(18)9-10-16)11(2)17-12-7-5-4-6-8-12/h4-8,18H,3,9H2,1-2H3/b14-13+,17-11?. The first-order valence-corrected chi connectivity index (χ1v) is 6.17. The maximum atomic E-state index is 11.9. The molecule has 1 aromatic carbocycles.